The van der Waals surface area contributed by atoms with Crippen molar-refractivity contribution in [3.05, 3.63) is 18.7 Å². The number of anilines is 1. The Bertz CT molecular complexity index is 662. The van der Waals surface area contributed by atoms with Crippen molar-refractivity contribution < 1.29 is 0 Å². The molecule has 2 aromatic heterocycles. The van der Waals surface area contributed by atoms with Gasteiger partial charge >= 0.3 is 0 Å². The van der Waals surface area contributed by atoms with Crippen molar-refractivity contribution in [2.75, 3.05) is 38.6 Å². The molecule has 1 fully saturated rings. The molecule has 3 rings (SSSR count). The highest BCUT2D eigenvalue weighted by Crippen LogP contribution is 2.24. The summed E-state index contributed by atoms with van der Waals surface area (Å²) in [5.74, 6) is 1.96. The van der Waals surface area contributed by atoms with E-state index in [-0.39, 0.29) is 0 Å². The summed E-state index contributed by atoms with van der Waals surface area (Å²) in [6.45, 7) is 2.66. The number of nitrogens with zero attached hydrogens (tertiary/aromatic N) is 7. The van der Waals surface area contributed by atoms with E-state index in [4.69, 9.17) is 5.73 Å². The monoisotopic (exact) mass is 302 g/mol. The second-order valence-corrected chi connectivity index (χ2v) is 5.86. The number of aromatic nitrogens is 4. The van der Waals surface area contributed by atoms with Crippen LogP contribution in [0.2, 0.25) is 0 Å². The Morgan fingerprint density at radius 1 is 1.50 bits per heavy atom. The molecule has 0 aliphatic carbocycles. The van der Waals surface area contributed by atoms with Gasteiger partial charge in [-0.25, -0.2) is 4.98 Å². The molecule has 0 bridgehead atoms. The topological polar surface area (TPSA) is 87.9 Å². The van der Waals surface area contributed by atoms with Crippen LogP contribution in [0.3, 0.4) is 0 Å². The molecule has 0 radical (unpaired) electrons. The molecule has 3 heterocycles. The van der Waals surface area contributed by atoms with Crippen molar-refractivity contribution in [1.29, 1.82) is 0 Å². The summed E-state index contributed by atoms with van der Waals surface area (Å²) in [5.41, 5.74) is 6.67. The van der Waals surface area contributed by atoms with E-state index in [1.54, 1.807) is 12.5 Å². The van der Waals surface area contributed by atoms with E-state index >= 15 is 0 Å². The molecule has 8 nitrogen and oxygen atoms in total. The fourth-order valence-electron chi connectivity index (χ4n) is 2.74. The van der Waals surface area contributed by atoms with Crippen LogP contribution in [0.5, 0.6) is 0 Å². The number of guanidine groups is 1. The van der Waals surface area contributed by atoms with Gasteiger partial charge in [-0.15, -0.1) is 10.2 Å². The van der Waals surface area contributed by atoms with E-state index in [0.717, 1.165) is 43.9 Å². The molecule has 0 saturated carbocycles. The van der Waals surface area contributed by atoms with Crippen LogP contribution >= 0.6 is 0 Å². The SMILES string of the molecule is CN(C)C(N)=NCC1CCCN(c2nccn3cnnc23)C1. The lowest BCUT2D eigenvalue weighted by Crippen LogP contribution is -2.38. The average molecular weight is 302 g/mol. The quantitative estimate of drug-likeness (QED) is 0.644. The van der Waals surface area contributed by atoms with Gasteiger partial charge in [0.05, 0.1) is 0 Å². The molecular formula is C14H22N8. The second kappa shape index (κ2) is 6.17. The average Bonchev–Trinajstić information content (AvgIpc) is 3.01. The summed E-state index contributed by atoms with van der Waals surface area (Å²) < 4.78 is 1.90. The lowest BCUT2D eigenvalue weighted by Gasteiger charge is -2.32. The van der Waals surface area contributed by atoms with Gasteiger partial charge in [-0.05, 0) is 18.8 Å². The third-order valence-corrected chi connectivity index (χ3v) is 3.99. The third-order valence-electron chi connectivity index (χ3n) is 3.99. The fraction of sp³-hybridized carbons (Fsp3) is 0.571. The van der Waals surface area contributed by atoms with Gasteiger partial charge in [0.2, 0.25) is 5.65 Å². The lowest BCUT2D eigenvalue weighted by atomic mass is 9.98. The second-order valence-electron chi connectivity index (χ2n) is 5.86. The molecule has 1 aliphatic rings. The molecular weight excluding hydrogens is 280 g/mol. The van der Waals surface area contributed by atoms with Crippen LogP contribution in [0.15, 0.2) is 23.7 Å². The summed E-state index contributed by atoms with van der Waals surface area (Å²) in [6.07, 6.45) is 7.64. The van der Waals surface area contributed by atoms with Gasteiger partial charge in [0, 0.05) is 46.1 Å². The van der Waals surface area contributed by atoms with Crippen molar-refractivity contribution in [3.63, 3.8) is 0 Å². The first-order valence-corrected chi connectivity index (χ1v) is 7.51. The van der Waals surface area contributed by atoms with Crippen molar-refractivity contribution in [3.8, 4) is 0 Å². The Kier molecular flexibility index (Phi) is 4.08. The van der Waals surface area contributed by atoms with Gasteiger partial charge in [-0.2, -0.15) is 0 Å². The molecule has 2 aromatic rings. The predicted molar refractivity (Wildman–Crippen MR) is 85.9 cm³/mol. The highest BCUT2D eigenvalue weighted by Gasteiger charge is 2.23. The summed E-state index contributed by atoms with van der Waals surface area (Å²) in [7, 11) is 3.81. The first-order valence-electron chi connectivity index (χ1n) is 7.51. The Balaban J connectivity index is 1.73. The molecule has 22 heavy (non-hydrogen) atoms. The van der Waals surface area contributed by atoms with Crippen molar-refractivity contribution >= 4 is 17.4 Å². The predicted octanol–water partition coefficient (Wildman–Crippen LogP) is 0.217. The van der Waals surface area contributed by atoms with Crippen LogP contribution in [0.1, 0.15) is 12.8 Å². The number of rotatable bonds is 3. The number of hydrogen-bond donors (Lipinski definition) is 1. The van der Waals surface area contributed by atoms with E-state index < -0.39 is 0 Å². The van der Waals surface area contributed by atoms with E-state index in [0.29, 0.717) is 11.9 Å². The van der Waals surface area contributed by atoms with Crippen LogP contribution < -0.4 is 10.6 Å². The fourth-order valence-corrected chi connectivity index (χ4v) is 2.74. The molecule has 0 amide bonds. The third kappa shape index (κ3) is 2.95. The van der Waals surface area contributed by atoms with Gasteiger partial charge in [-0.1, -0.05) is 0 Å². The minimum Gasteiger partial charge on any atom is -0.370 e. The molecule has 1 atom stereocenters. The van der Waals surface area contributed by atoms with E-state index in [1.807, 2.05) is 29.6 Å². The minimum absolute atomic E-state index is 0.484. The highest BCUT2D eigenvalue weighted by molar-refractivity contribution is 5.77. The van der Waals surface area contributed by atoms with Crippen LogP contribution in [-0.2, 0) is 0 Å². The number of fused-ring (bicyclic) bond motifs is 1. The molecule has 2 N–H and O–H groups in total. The standard InChI is InChI=1S/C14H22N8/c1-20(2)14(15)17-8-11-4-3-6-21(9-11)12-13-19-18-10-22(13)7-5-16-12/h5,7,10-11H,3-4,6,8-9H2,1-2H3,(H2,15,17). The number of nitrogens with two attached hydrogens (primary N) is 1. The normalized spacial score (nSPS) is 19.6. The molecule has 0 spiro atoms. The van der Waals surface area contributed by atoms with Crippen LogP contribution in [-0.4, -0.2) is 64.2 Å². The Morgan fingerprint density at radius 3 is 3.18 bits per heavy atom. The van der Waals surface area contributed by atoms with Crippen molar-refractivity contribution in [2.24, 2.45) is 16.6 Å². The minimum atomic E-state index is 0.484. The van der Waals surface area contributed by atoms with Crippen LogP contribution in [0.4, 0.5) is 5.82 Å². The molecule has 1 saturated heterocycles. The summed E-state index contributed by atoms with van der Waals surface area (Å²) in [5, 5.41) is 8.13. The first-order chi connectivity index (χ1) is 10.6. The lowest BCUT2D eigenvalue weighted by molar-refractivity contribution is 0.420. The summed E-state index contributed by atoms with van der Waals surface area (Å²) in [4.78, 5) is 13.1. The van der Waals surface area contributed by atoms with E-state index in [9.17, 15) is 0 Å². The Morgan fingerprint density at radius 2 is 2.36 bits per heavy atom. The molecule has 1 aliphatic heterocycles. The summed E-state index contributed by atoms with van der Waals surface area (Å²) >= 11 is 0. The van der Waals surface area contributed by atoms with E-state index in [2.05, 4.69) is 25.1 Å². The first kappa shape index (κ1) is 14.6. The molecule has 118 valence electrons. The number of hydrogen-bond acceptors (Lipinski definition) is 5. The number of aliphatic imine (C=N–C) groups is 1. The zero-order valence-electron chi connectivity index (χ0n) is 13.1. The number of piperidine rings is 1. The van der Waals surface area contributed by atoms with Crippen molar-refractivity contribution in [1.82, 2.24) is 24.5 Å². The van der Waals surface area contributed by atoms with Gasteiger partial charge in [0.1, 0.15) is 6.33 Å². The van der Waals surface area contributed by atoms with Gasteiger partial charge in [0.15, 0.2) is 11.8 Å². The maximum Gasteiger partial charge on any atom is 0.203 e. The van der Waals surface area contributed by atoms with Gasteiger partial charge in [-0.3, -0.25) is 9.39 Å². The molecule has 1 unspecified atom stereocenters. The largest absolute Gasteiger partial charge is 0.370 e. The zero-order chi connectivity index (χ0) is 15.5. The maximum atomic E-state index is 5.87. The van der Waals surface area contributed by atoms with Gasteiger partial charge in [0.25, 0.3) is 0 Å². The maximum absolute atomic E-state index is 5.87. The smallest absolute Gasteiger partial charge is 0.203 e. The van der Waals surface area contributed by atoms with Crippen LogP contribution in [0, 0.1) is 5.92 Å². The van der Waals surface area contributed by atoms with Crippen molar-refractivity contribution in [2.45, 2.75) is 12.8 Å². The Labute approximate surface area is 129 Å². The zero-order valence-corrected chi connectivity index (χ0v) is 13.1. The summed E-state index contributed by atoms with van der Waals surface area (Å²) in [6, 6.07) is 0. The highest BCUT2D eigenvalue weighted by atomic mass is 15.3. The van der Waals surface area contributed by atoms with E-state index in [1.165, 1.54) is 0 Å². The molecule has 8 heteroatoms. The Hall–Kier alpha value is -2.38. The van der Waals surface area contributed by atoms with Crippen LogP contribution in [0.25, 0.3) is 5.65 Å². The molecule has 0 aromatic carbocycles. The van der Waals surface area contributed by atoms with Gasteiger partial charge < -0.3 is 15.5 Å².